The first-order valence-corrected chi connectivity index (χ1v) is 6.77. The van der Waals surface area contributed by atoms with Gasteiger partial charge in [0.25, 0.3) is 0 Å². The summed E-state index contributed by atoms with van der Waals surface area (Å²) in [6.07, 6.45) is 0. The van der Waals surface area contributed by atoms with Gasteiger partial charge in [-0.15, -0.1) is 10.2 Å². The van der Waals surface area contributed by atoms with Gasteiger partial charge in [0.15, 0.2) is 11.0 Å². The minimum absolute atomic E-state index is 0.0511. The molecule has 2 aromatic rings. The molecule has 0 aliphatic heterocycles. The van der Waals surface area contributed by atoms with E-state index < -0.39 is 10.0 Å². The monoisotopic (exact) mass is 284 g/mol. The molecule has 0 amide bonds. The number of nitrogens with two attached hydrogens (primary N) is 1. The SMILES string of the molecule is NS(=O)(=O)c1ccc(Nc2ccc(Cl)nn2)cc1. The second-order valence-electron chi connectivity index (χ2n) is 3.44. The minimum atomic E-state index is -3.67. The first kappa shape index (κ1) is 12.7. The number of anilines is 2. The largest absolute Gasteiger partial charge is 0.339 e. The van der Waals surface area contributed by atoms with Crippen molar-refractivity contribution in [1.82, 2.24) is 10.2 Å². The molecule has 1 aromatic carbocycles. The molecule has 2 rings (SSSR count). The van der Waals surface area contributed by atoms with Crippen molar-refractivity contribution < 1.29 is 8.42 Å². The van der Waals surface area contributed by atoms with Crippen LogP contribution in [0, 0.1) is 0 Å². The van der Waals surface area contributed by atoms with E-state index in [0.29, 0.717) is 16.7 Å². The second-order valence-corrected chi connectivity index (χ2v) is 5.38. The predicted molar refractivity (Wildman–Crippen MR) is 68.1 cm³/mol. The molecular formula is C10H9ClN4O2S. The Kier molecular flexibility index (Phi) is 3.46. The second kappa shape index (κ2) is 4.89. The lowest BCUT2D eigenvalue weighted by atomic mass is 10.3. The van der Waals surface area contributed by atoms with Crippen molar-refractivity contribution in [1.29, 1.82) is 0 Å². The zero-order valence-electron chi connectivity index (χ0n) is 9.04. The summed E-state index contributed by atoms with van der Waals surface area (Å²) in [7, 11) is -3.67. The molecule has 8 heteroatoms. The number of benzene rings is 1. The van der Waals surface area contributed by atoms with E-state index in [1.54, 1.807) is 24.3 Å². The Morgan fingerprint density at radius 1 is 1.06 bits per heavy atom. The average molecular weight is 285 g/mol. The Balaban J connectivity index is 2.18. The molecule has 0 fully saturated rings. The molecule has 0 atom stereocenters. The molecule has 0 unspecified atom stereocenters. The van der Waals surface area contributed by atoms with Crippen LogP contribution in [0.5, 0.6) is 0 Å². The summed E-state index contributed by atoms with van der Waals surface area (Å²) in [5.41, 5.74) is 0.666. The lowest BCUT2D eigenvalue weighted by Crippen LogP contribution is -2.11. The van der Waals surface area contributed by atoms with Crippen molar-refractivity contribution in [3.63, 3.8) is 0 Å². The van der Waals surface area contributed by atoms with Gasteiger partial charge in [-0.25, -0.2) is 13.6 Å². The van der Waals surface area contributed by atoms with Gasteiger partial charge in [-0.05, 0) is 36.4 Å². The highest BCUT2D eigenvalue weighted by molar-refractivity contribution is 7.89. The van der Waals surface area contributed by atoms with Crippen LogP contribution in [-0.4, -0.2) is 18.6 Å². The first-order valence-electron chi connectivity index (χ1n) is 4.84. The van der Waals surface area contributed by atoms with Crippen LogP contribution in [0.15, 0.2) is 41.3 Å². The fourth-order valence-electron chi connectivity index (χ4n) is 1.26. The number of aromatic nitrogens is 2. The average Bonchev–Trinajstić information content (AvgIpc) is 2.32. The maximum atomic E-state index is 11.1. The molecular weight excluding hydrogens is 276 g/mol. The van der Waals surface area contributed by atoms with Gasteiger partial charge in [0.2, 0.25) is 10.0 Å². The number of primary sulfonamides is 1. The van der Waals surface area contributed by atoms with E-state index in [2.05, 4.69) is 15.5 Å². The van der Waals surface area contributed by atoms with E-state index in [9.17, 15) is 8.42 Å². The molecule has 18 heavy (non-hydrogen) atoms. The molecule has 6 nitrogen and oxygen atoms in total. The highest BCUT2D eigenvalue weighted by Gasteiger charge is 2.06. The first-order chi connectivity index (χ1) is 8.45. The zero-order valence-corrected chi connectivity index (χ0v) is 10.6. The standard InChI is InChI=1S/C10H9ClN4O2S/c11-9-5-6-10(15-14-9)13-7-1-3-8(4-2-7)18(12,16)17/h1-6H,(H,13,15)(H2,12,16,17). The summed E-state index contributed by atoms with van der Waals surface area (Å²) in [5.74, 6) is 0.503. The van der Waals surface area contributed by atoms with E-state index >= 15 is 0 Å². The normalized spacial score (nSPS) is 11.2. The predicted octanol–water partition coefficient (Wildman–Crippen LogP) is 1.52. The zero-order chi connectivity index (χ0) is 13.2. The van der Waals surface area contributed by atoms with E-state index in [-0.39, 0.29) is 4.90 Å². The number of sulfonamides is 1. The molecule has 1 heterocycles. The number of hydrogen-bond donors (Lipinski definition) is 2. The number of nitrogens with zero attached hydrogens (tertiary/aromatic N) is 2. The molecule has 0 saturated heterocycles. The molecule has 0 saturated carbocycles. The van der Waals surface area contributed by atoms with Crippen molar-refractivity contribution in [3.8, 4) is 0 Å². The van der Waals surface area contributed by atoms with Gasteiger partial charge >= 0.3 is 0 Å². The third kappa shape index (κ3) is 3.16. The molecule has 0 aliphatic rings. The van der Waals surface area contributed by atoms with Gasteiger partial charge < -0.3 is 5.32 Å². The van der Waals surface area contributed by atoms with Gasteiger partial charge in [0.1, 0.15) is 0 Å². The molecule has 3 N–H and O–H groups in total. The molecule has 1 aromatic heterocycles. The molecule has 0 bridgehead atoms. The van der Waals surface area contributed by atoms with Gasteiger partial charge in [0, 0.05) is 5.69 Å². The molecule has 0 aliphatic carbocycles. The summed E-state index contributed by atoms with van der Waals surface area (Å²) in [6.45, 7) is 0. The summed E-state index contributed by atoms with van der Waals surface area (Å²) in [5, 5.41) is 15.7. The van der Waals surface area contributed by atoms with Crippen molar-refractivity contribution in [3.05, 3.63) is 41.6 Å². The van der Waals surface area contributed by atoms with E-state index in [0.717, 1.165) is 0 Å². The van der Waals surface area contributed by atoms with Gasteiger partial charge in [-0.1, -0.05) is 11.6 Å². The van der Waals surface area contributed by atoms with E-state index in [1.165, 1.54) is 12.1 Å². The van der Waals surface area contributed by atoms with E-state index in [4.69, 9.17) is 16.7 Å². The molecule has 0 radical (unpaired) electrons. The van der Waals surface area contributed by atoms with Gasteiger partial charge in [0.05, 0.1) is 4.90 Å². The Morgan fingerprint density at radius 2 is 1.72 bits per heavy atom. The van der Waals surface area contributed by atoms with Crippen molar-refractivity contribution in [2.24, 2.45) is 5.14 Å². The number of rotatable bonds is 3. The fraction of sp³-hybridized carbons (Fsp3) is 0. The fourth-order valence-corrected chi connectivity index (χ4v) is 1.87. The Bertz CT molecular complexity index is 641. The topological polar surface area (TPSA) is 98.0 Å². The maximum Gasteiger partial charge on any atom is 0.238 e. The van der Waals surface area contributed by atoms with Crippen LogP contribution >= 0.6 is 11.6 Å². The van der Waals surface area contributed by atoms with Gasteiger partial charge in [-0.3, -0.25) is 0 Å². The molecule has 94 valence electrons. The lowest BCUT2D eigenvalue weighted by Gasteiger charge is -2.05. The number of nitrogens with one attached hydrogen (secondary N) is 1. The third-order valence-electron chi connectivity index (χ3n) is 2.09. The van der Waals surface area contributed by atoms with Crippen LogP contribution in [0.1, 0.15) is 0 Å². The van der Waals surface area contributed by atoms with Gasteiger partial charge in [-0.2, -0.15) is 0 Å². The van der Waals surface area contributed by atoms with Crippen LogP contribution in [0.4, 0.5) is 11.5 Å². The summed E-state index contributed by atoms with van der Waals surface area (Å²) < 4.78 is 22.1. The summed E-state index contributed by atoms with van der Waals surface area (Å²) in [6, 6.07) is 9.21. The quantitative estimate of drug-likeness (QED) is 0.890. The van der Waals surface area contributed by atoms with Crippen molar-refractivity contribution in [2.45, 2.75) is 4.90 Å². The van der Waals surface area contributed by atoms with Crippen LogP contribution < -0.4 is 10.5 Å². The van der Waals surface area contributed by atoms with Crippen LogP contribution in [0.2, 0.25) is 5.15 Å². The minimum Gasteiger partial charge on any atom is -0.339 e. The summed E-state index contributed by atoms with van der Waals surface area (Å²) >= 11 is 5.60. The maximum absolute atomic E-state index is 11.1. The Labute approximate surface area is 109 Å². The van der Waals surface area contributed by atoms with Crippen LogP contribution in [0.25, 0.3) is 0 Å². The smallest absolute Gasteiger partial charge is 0.238 e. The third-order valence-corrected chi connectivity index (χ3v) is 3.22. The number of hydrogen-bond acceptors (Lipinski definition) is 5. The Morgan fingerprint density at radius 3 is 2.22 bits per heavy atom. The molecule has 0 spiro atoms. The van der Waals surface area contributed by atoms with Crippen LogP contribution in [-0.2, 0) is 10.0 Å². The van der Waals surface area contributed by atoms with Crippen LogP contribution in [0.3, 0.4) is 0 Å². The van der Waals surface area contributed by atoms with E-state index in [1.807, 2.05) is 0 Å². The lowest BCUT2D eigenvalue weighted by molar-refractivity contribution is 0.598. The number of halogens is 1. The van der Waals surface area contributed by atoms with Crippen molar-refractivity contribution >= 4 is 33.1 Å². The highest BCUT2D eigenvalue weighted by atomic mass is 35.5. The Hall–Kier alpha value is -1.70. The highest BCUT2D eigenvalue weighted by Crippen LogP contribution is 2.17. The van der Waals surface area contributed by atoms with Crippen molar-refractivity contribution in [2.75, 3.05) is 5.32 Å². The summed E-state index contributed by atoms with van der Waals surface area (Å²) in [4.78, 5) is 0.0511.